The summed E-state index contributed by atoms with van der Waals surface area (Å²) >= 11 is 6.78. The zero-order valence-electron chi connectivity index (χ0n) is 22.3. The molecule has 2 fully saturated rings. The Morgan fingerprint density at radius 2 is 1.68 bits per heavy atom. The lowest BCUT2D eigenvalue weighted by molar-refractivity contribution is -0.122. The van der Waals surface area contributed by atoms with Crippen LogP contribution in [0.4, 0.5) is 15.9 Å². The molecule has 0 radical (unpaired) electrons. The Morgan fingerprint density at radius 1 is 1.02 bits per heavy atom. The van der Waals surface area contributed by atoms with E-state index in [1.807, 2.05) is 48.2 Å². The summed E-state index contributed by atoms with van der Waals surface area (Å²) in [5.74, 6) is 0.181. The van der Waals surface area contributed by atoms with Gasteiger partial charge in [-0.05, 0) is 43.2 Å². The van der Waals surface area contributed by atoms with Crippen molar-refractivity contribution in [3.8, 4) is 6.07 Å². The van der Waals surface area contributed by atoms with E-state index in [1.165, 1.54) is 17.8 Å². The van der Waals surface area contributed by atoms with Gasteiger partial charge in [0.25, 0.3) is 11.5 Å². The van der Waals surface area contributed by atoms with Gasteiger partial charge < -0.3 is 9.80 Å². The highest BCUT2D eigenvalue weighted by molar-refractivity contribution is 8.26. The highest BCUT2D eigenvalue weighted by Crippen LogP contribution is 2.37. The van der Waals surface area contributed by atoms with E-state index < -0.39 is 0 Å². The molecule has 1 aromatic heterocycles. The Kier molecular flexibility index (Phi) is 8.05. The molecule has 10 heteroatoms. The molecule has 3 aromatic rings. The van der Waals surface area contributed by atoms with E-state index in [1.54, 1.807) is 34.6 Å². The minimum Gasteiger partial charge on any atom is -0.366 e. The zero-order chi connectivity index (χ0) is 28.4. The van der Waals surface area contributed by atoms with Crippen LogP contribution in [-0.2, 0) is 17.9 Å². The Morgan fingerprint density at radius 3 is 2.33 bits per heavy atom. The number of benzene rings is 2. The van der Waals surface area contributed by atoms with Crippen LogP contribution in [0.25, 0.3) is 6.08 Å². The number of para-hydroxylation sites is 1. The number of hydrogen-bond donors (Lipinski definition) is 0. The van der Waals surface area contributed by atoms with Gasteiger partial charge in [-0.2, -0.15) is 5.26 Å². The number of hydrogen-bond acceptors (Lipinski definition) is 7. The summed E-state index contributed by atoms with van der Waals surface area (Å²) in [6, 6.07) is 18.4. The molecule has 3 heterocycles. The van der Waals surface area contributed by atoms with E-state index in [2.05, 4.69) is 11.0 Å². The number of nitriles is 1. The fourth-order valence-electron chi connectivity index (χ4n) is 5.18. The topological polar surface area (TPSA) is 72.6 Å². The van der Waals surface area contributed by atoms with E-state index >= 15 is 0 Å². The van der Waals surface area contributed by atoms with Gasteiger partial charge in [0, 0.05) is 38.3 Å². The lowest BCUT2D eigenvalue weighted by atomic mass is 10.0. The Bertz CT molecular complexity index is 1600. The molecule has 204 valence electrons. The third-order valence-electron chi connectivity index (χ3n) is 7.27. The van der Waals surface area contributed by atoms with Crippen LogP contribution in [0.1, 0.15) is 29.2 Å². The van der Waals surface area contributed by atoms with Gasteiger partial charge in [-0.1, -0.05) is 66.4 Å². The first-order valence-corrected chi connectivity index (χ1v) is 14.3. The average molecular weight is 574 g/mol. The number of amides is 1. The van der Waals surface area contributed by atoms with Crippen molar-refractivity contribution in [1.29, 1.82) is 5.26 Å². The summed E-state index contributed by atoms with van der Waals surface area (Å²) in [4.78, 5) is 32.9. The third kappa shape index (κ3) is 5.15. The van der Waals surface area contributed by atoms with Crippen LogP contribution in [0.15, 0.2) is 64.3 Å². The number of pyridine rings is 1. The normalized spacial score (nSPS) is 16.6. The molecular weight excluding hydrogens is 545 g/mol. The van der Waals surface area contributed by atoms with Crippen molar-refractivity contribution in [2.45, 2.75) is 26.9 Å². The second-order valence-corrected chi connectivity index (χ2v) is 11.3. The monoisotopic (exact) mass is 573 g/mol. The van der Waals surface area contributed by atoms with Crippen LogP contribution >= 0.6 is 24.0 Å². The standard InChI is InChI=1S/C30H28FN5O2S2/c1-3-35-27(34-15-13-33(14-16-34)25-12-8-7-11-24(25)31)22(20(2)23(18-32)28(35)37)17-26-29(38)36(30(39)40-26)19-21-9-5-4-6-10-21/h4-12,17H,3,13-16,19H2,1-2H3. The summed E-state index contributed by atoms with van der Waals surface area (Å²) in [6.45, 7) is 6.50. The van der Waals surface area contributed by atoms with Gasteiger partial charge in [0.1, 0.15) is 27.6 Å². The highest BCUT2D eigenvalue weighted by Gasteiger charge is 2.34. The molecule has 0 bridgehead atoms. The van der Waals surface area contributed by atoms with Crippen LogP contribution in [-0.4, -0.2) is 45.9 Å². The van der Waals surface area contributed by atoms with Gasteiger partial charge >= 0.3 is 0 Å². The van der Waals surface area contributed by atoms with Gasteiger partial charge in [0.2, 0.25) is 0 Å². The molecule has 0 saturated carbocycles. The smallest absolute Gasteiger partial charge is 0.270 e. The summed E-state index contributed by atoms with van der Waals surface area (Å²) in [5, 5.41) is 9.85. The molecule has 5 rings (SSSR count). The van der Waals surface area contributed by atoms with Crippen molar-refractivity contribution in [2.24, 2.45) is 0 Å². The maximum Gasteiger partial charge on any atom is 0.270 e. The molecule has 2 aromatic carbocycles. The first-order valence-electron chi connectivity index (χ1n) is 13.0. The van der Waals surface area contributed by atoms with E-state index in [-0.39, 0.29) is 22.8 Å². The Labute approximate surface area is 242 Å². The van der Waals surface area contributed by atoms with Crippen LogP contribution in [0, 0.1) is 24.1 Å². The van der Waals surface area contributed by atoms with Gasteiger partial charge in [-0.25, -0.2) is 4.39 Å². The molecule has 2 aliphatic rings. The predicted octanol–water partition coefficient (Wildman–Crippen LogP) is 4.92. The van der Waals surface area contributed by atoms with E-state index in [9.17, 15) is 19.2 Å². The molecule has 0 N–H and O–H groups in total. The summed E-state index contributed by atoms with van der Waals surface area (Å²) < 4.78 is 16.5. The number of carbonyl (C=O) groups excluding carboxylic acids is 1. The van der Waals surface area contributed by atoms with Crippen LogP contribution < -0.4 is 15.4 Å². The lowest BCUT2D eigenvalue weighted by Crippen LogP contribution is -2.49. The van der Waals surface area contributed by atoms with Crippen molar-refractivity contribution in [3.05, 3.63) is 97.9 Å². The van der Waals surface area contributed by atoms with Gasteiger partial charge in [-0.15, -0.1) is 0 Å². The number of halogens is 1. The van der Waals surface area contributed by atoms with E-state index in [0.29, 0.717) is 71.1 Å². The van der Waals surface area contributed by atoms with Gasteiger partial charge in [-0.3, -0.25) is 19.1 Å². The van der Waals surface area contributed by atoms with Crippen LogP contribution in [0.2, 0.25) is 0 Å². The van der Waals surface area contributed by atoms with Crippen molar-refractivity contribution in [2.75, 3.05) is 36.0 Å². The number of carbonyl (C=O) groups is 1. The summed E-state index contributed by atoms with van der Waals surface area (Å²) in [5.41, 5.74) is 2.39. The summed E-state index contributed by atoms with van der Waals surface area (Å²) in [7, 11) is 0. The van der Waals surface area contributed by atoms with E-state index in [0.717, 1.165) is 5.56 Å². The van der Waals surface area contributed by atoms with Crippen molar-refractivity contribution < 1.29 is 9.18 Å². The third-order valence-corrected chi connectivity index (χ3v) is 8.65. The molecule has 2 saturated heterocycles. The van der Waals surface area contributed by atoms with E-state index in [4.69, 9.17) is 12.2 Å². The summed E-state index contributed by atoms with van der Waals surface area (Å²) in [6.07, 6.45) is 1.77. The number of rotatable bonds is 6. The zero-order valence-corrected chi connectivity index (χ0v) is 23.9. The number of aromatic nitrogens is 1. The number of anilines is 2. The second-order valence-electron chi connectivity index (χ2n) is 9.58. The van der Waals surface area contributed by atoms with Crippen molar-refractivity contribution >= 4 is 51.8 Å². The maximum absolute atomic E-state index is 14.4. The Hall–Kier alpha value is -3.94. The lowest BCUT2D eigenvalue weighted by Gasteiger charge is -2.39. The maximum atomic E-state index is 14.4. The largest absolute Gasteiger partial charge is 0.366 e. The molecule has 0 spiro atoms. The van der Waals surface area contributed by atoms with Crippen LogP contribution in [0.5, 0.6) is 0 Å². The molecule has 0 aliphatic carbocycles. The fourth-order valence-corrected chi connectivity index (χ4v) is 6.42. The Balaban J connectivity index is 1.53. The predicted molar refractivity (Wildman–Crippen MR) is 162 cm³/mol. The number of nitrogens with zero attached hydrogens (tertiary/aromatic N) is 5. The van der Waals surface area contributed by atoms with Crippen molar-refractivity contribution in [1.82, 2.24) is 9.47 Å². The molecule has 1 amide bonds. The molecule has 7 nitrogen and oxygen atoms in total. The van der Waals surface area contributed by atoms with Crippen LogP contribution in [0.3, 0.4) is 0 Å². The highest BCUT2D eigenvalue weighted by atomic mass is 32.2. The number of piperazine rings is 1. The molecule has 2 aliphatic heterocycles. The molecule has 0 unspecified atom stereocenters. The number of thiocarbonyl (C=S) groups is 1. The molecule has 0 atom stereocenters. The van der Waals surface area contributed by atoms with Crippen molar-refractivity contribution in [3.63, 3.8) is 0 Å². The first-order chi connectivity index (χ1) is 19.3. The SMILES string of the molecule is CCn1c(N2CCN(c3ccccc3F)CC2)c(C=C2SC(=S)N(Cc3ccccc3)C2=O)c(C)c(C#N)c1=O. The van der Waals surface area contributed by atoms with Gasteiger partial charge in [0.05, 0.1) is 17.1 Å². The number of thioether (sulfide) groups is 1. The minimum atomic E-state index is -0.359. The second kappa shape index (κ2) is 11.7. The molecular formula is C30H28FN5O2S2. The average Bonchev–Trinajstić information content (AvgIpc) is 3.23. The minimum absolute atomic E-state index is 0.0570. The fraction of sp³-hybridized carbons (Fsp3) is 0.267. The molecule has 40 heavy (non-hydrogen) atoms. The van der Waals surface area contributed by atoms with Gasteiger partial charge in [0.15, 0.2) is 0 Å². The quantitative estimate of drug-likeness (QED) is 0.306. The first kappa shape index (κ1) is 27.6.